The fourth-order valence-corrected chi connectivity index (χ4v) is 1.59. The van der Waals surface area contributed by atoms with Gasteiger partial charge in [0.2, 0.25) is 0 Å². The number of Topliss-reactive ketones (excluding diaryl/α,β-unsaturated/α-hetero) is 1. The van der Waals surface area contributed by atoms with Crippen molar-refractivity contribution in [3.05, 3.63) is 29.3 Å². The monoisotopic (exact) mass is 238 g/mol. The highest BCUT2D eigenvalue weighted by molar-refractivity contribution is 7.80. The quantitative estimate of drug-likeness (QED) is 0.498. The van der Waals surface area contributed by atoms with Crippen LogP contribution in [0, 0.1) is 0 Å². The van der Waals surface area contributed by atoms with Crippen LogP contribution in [0.4, 0.5) is 0 Å². The molecular weight excluding hydrogens is 224 g/mol. The van der Waals surface area contributed by atoms with Crippen molar-refractivity contribution in [3.63, 3.8) is 0 Å². The Hall–Kier alpha value is -1.29. The lowest BCUT2D eigenvalue weighted by Crippen LogP contribution is -2.07. The Balaban J connectivity index is 3.07. The first-order valence-corrected chi connectivity index (χ1v) is 5.57. The lowest BCUT2D eigenvalue weighted by atomic mass is 10.1. The molecule has 1 aromatic rings. The molecule has 0 unspecified atom stereocenters. The lowest BCUT2D eigenvalue weighted by Gasteiger charge is -2.05. The smallest absolute Gasteiger partial charge is 0.338 e. The van der Waals surface area contributed by atoms with Gasteiger partial charge >= 0.3 is 5.97 Å². The van der Waals surface area contributed by atoms with Crippen LogP contribution in [0.5, 0.6) is 0 Å². The summed E-state index contributed by atoms with van der Waals surface area (Å²) >= 11 is 4.16. The van der Waals surface area contributed by atoms with E-state index < -0.39 is 5.97 Å². The predicted molar refractivity (Wildman–Crippen MR) is 64.3 cm³/mol. The molecule has 86 valence electrons. The molecule has 0 amide bonds. The molecule has 0 radical (unpaired) electrons. The summed E-state index contributed by atoms with van der Waals surface area (Å²) in [4.78, 5) is 23.6. The SMILES string of the molecule is CCOC(=O)c1cc(S)cc(C(=O)CC)c1. The Kier molecular flexibility index (Phi) is 4.55. The maximum absolute atomic E-state index is 11.5. The topological polar surface area (TPSA) is 43.4 Å². The molecule has 0 saturated carbocycles. The summed E-state index contributed by atoms with van der Waals surface area (Å²) in [5.74, 6) is -0.440. The molecule has 0 atom stereocenters. The van der Waals surface area contributed by atoms with Crippen molar-refractivity contribution in [2.45, 2.75) is 25.2 Å². The van der Waals surface area contributed by atoms with E-state index in [1.165, 1.54) is 0 Å². The zero-order chi connectivity index (χ0) is 12.1. The van der Waals surface area contributed by atoms with Gasteiger partial charge in [-0.15, -0.1) is 12.6 Å². The minimum Gasteiger partial charge on any atom is -0.462 e. The van der Waals surface area contributed by atoms with Crippen molar-refractivity contribution in [3.8, 4) is 0 Å². The van der Waals surface area contributed by atoms with E-state index in [1.54, 1.807) is 32.0 Å². The Labute approximate surface area is 100 Å². The number of carbonyl (C=O) groups is 2. The van der Waals surface area contributed by atoms with E-state index in [1.807, 2.05) is 0 Å². The molecule has 0 fully saturated rings. The summed E-state index contributed by atoms with van der Waals surface area (Å²) in [6, 6.07) is 4.79. The Morgan fingerprint density at radius 1 is 1.19 bits per heavy atom. The molecule has 0 aromatic heterocycles. The highest BCUT2D eigenvalue weighted by Gasteiger charge is 2.11. The second kappa shape index (κ2) is 5.70. The molecule has 1 rings (SSSR count). The van der Waals surface area contributed by atoms with Crippen molar-refractivity contribution < 1.29 is 14.3 Å². The normalized spacial score (nSPS) is 9.94. The number of rotatable bonds is 4. The van der Waals surface area contributed by atoms with Crippen LogP contribution >= 0.6 is 12.6 Å². The standard InChI is InChI=1S/C12H14O3S/c1-3-11(13)8-5-9(7-10(16)6-8)12(14)15-4-2/h5-7,16H,3-4H2,1-2H3. The van der Waals surface area contributed by atoms with Crippen LogP contribution in [0.1, 0.15) is 41.0 Å². The molecule has 3 nitrogen and oxygen atoms in total. The summed E-state index contributed by atoms with van der Waals surface area (Å²) in [7, 11) is 0. The van der Waals surface area contributed by atoms with Gasteiger partial charge in [0, 0.05) is 16.9 Å². The molecule has 1 aromatic carbocycles. The van der Waals surface area contributed by atoms with Crippen LogP contribution in [0.3, 0.4) is 0 Å². The second-order valence-electron chi connectivity index (χ2n) is 3.27. The molecule has 0 heterocycles. The molecule has 0 saturated heterocycles. The maximum atomic E-state index is 11.5. The van der Waals surface area contributed by atoms with Gasteiger partial charge in [0.15, 0.2) is 5.78 Å². The highest BCUT2D eigenvalue weighted by Crippen LogP contribution is 2.16. The fourth-order valence-electron chi connectivity index (χ4n) is 1.31. The number of benzene rings is 1. The minimum atomic E-state index is -0.427. The average Bonchev–Trinajstić information content (AvgIpc) is 2.27. The fraction of sp³-hybridized carbons (Fsp3) is 0.333. The van der Waals surface area contributed by atoms with Crippen LogP contribution in [-0.2, 0) is 4.74 Å². The zero-order valence-corrected chi connectivity index (χ0v) is 10.2. The van der Waals surface area contributed by atoms with Gasteiger partial charge in [0.1, 0.15) is 0 Å². The van der Waals surface area contributed by atoms with Crippen molar-refractivity contribution in [1.29, 1.82) is 0 Å². The van der Waals surface area contributed by atoms with Crippen LogP contribution in [0.15, 0.2) is 23.1 Å². The average molecular weight is 238 g/mol. The number of carbonyl (C=O) groups excluding carboxylic acids is 2. The van der Waals surface area contributed by atoms with Crippen molar-refractivity contribution >= 4 is 24.4 Å². The molecule has 4 heteroatoms. The summed E-state index contributed by atoms with van der Waals surface area (Å²) in [5.41, 5.74) is 0.865. The van der Waals surface area contributed by atoms with Gasteiger partial charge in [-0.3, -0.25) is 4.79 Å². The molecule has 0 bridgehead atoms. The van der Waals surface area contributed by atoms with E-state index in [0.717, 1.165) is 0 Å². The molecule has 0 N–H and O–H groups in total. The van der Waals surface area contributed by atoms with Crippen molar-refractivity contribution in [2.24, 2.45) is 0 Å². The van der Waals surface area contributed by atoms with Crippen LogP contribution in [0.25, 0.3) is 0 Å². The van der Waals surface area contributed by atoms with Gasteiger partial charge in [0.25, 0.3) is 0 Å². The molecule has 16 heavy (non-hydrogen) atoms. The Morgan fingerprint density at radius 3 is 2.38 bits per heavy atom. The largest absolute Gasteiger partial charge is 0.462 e. The van der Waals surface area contributed by atoms with Crippen molar-refractivity contribution in [1.82, 2.24) is 0 Å². The van der Waals surface area contributed by atoms with Gasteiger partial charge in [-0.2, -0.15) is 0 Å². The number of esters is 1. The third-order valence-electron chi connectivity index (χ3n) is 2.07. The number of hydrogen-bond donors (Lipinski definition) is 1. The van der Waals surface area contributed by atoms with Gasteiger partial charge in [-0.1, -0.05) is 6.92 Å². The highest BCUT2D eigenvalue weighted by atomic mass is 32.1. The number of ether oxygens (including phenoxy) is 1. The number of thiol groups is 1. The first-order valence-electron chi connectivity index (χ1n) is 5.12. The minimum absolute atomic E-state index is 0.0125. The summed E-state index contributed by atoms with van der Waals surface area (Å²) in [6.07, 6.45) is 0.402. The summed E-state index contributed by atoms with van der Waals surface area (Å²) in [6.45, 7) is 3.82. The molecular formula is C12H14O3S. The maximum Gasteiger partial charge on any atom is 0.338 e. The third kappa shape index (κ3) is 3.10. The van der Waals surface area contributed by atoms with E-state index >= 15 is 0 Å². The first-order chi connectivity index (χ1) is 7.58. The molecule has 0 spiro atoms. The van der Waals surface area contributed by atoms with Crippen LogP contribution in [-0.4, -0.2) is 18.4 Å². The van der Waals surface area contributed by atoms with E-state index in [9.17, 15) is 9.59 Å². The Morgan fingerprint density at radius 2 is 1.81 bits per heavy atom. The third-order valence-corrected chi connectivity index (χ3v) is 2.33. The van der Waals surface area contributed by atoms with Gasteiger partial charge in [-0.05, 0) is 25.1 Å². The van der Waals surface area contributed by atoms with Crippen LogP contribution < -0.4 is 0 Å². The number of ketones is 1. The van der Waals surface area contributed by atoms with Gasteiger partial charge in [-0.25, -0.2) is 4.79 Å². The van der Waals surface area contributed by atoms with Gasteiger partial charge < -0.3 is 4.74 Å². The van der Waals surface area contributed by atoms with Gasteiger partial charge in [0.05, 0.1) is 12.2 Å². The van der Waals surface area contributed by atoms with Crippen molar-refractivity contribution in [2.75, 3.05) is 6.61 Å². The molecule has 0 aliphatic heterocycles. The second-order valence-corrected chi connectivity index (χ2v) is 3.78. The van der Waals surface area contributed by atoms with E-state index in [4.69, 9.17) is 4.74 Å². The molecule has 0 aliphatic carbocycles. The predicted octanol–water partition coefficient (Wildman–Crippen LogP) is 2.74. The summed E-state index contributed by atoms with van der Waals surface area (Å²) < 4.78 is 4.87. The molecule has 0 aliphatic rings. The first kappa shape index (κ1) is 12.8. The lowest BCUT2D eigenvalue weighted by molar-refractivity contribution is 0.0526. The van der Waals surface area contributed by atoms with E-state index in [-0.39, 0.29) is 5.78 Å². The Bertz CT molecular complexity index is 413. The summed E-state index contributed by atoms with van der Waals surface area (Å²) in [5, 5.41) is 0. The van der Waals surface area contributed by atoms with E-state index in [2.05, 4.69) is 12.6 Å². The zero-order valence-electron chi connectivity index (χ0n) is 9.32. The van der Waals surface area contributed by atoms with Crippen LogP contribution in [0.2, 0.25) is 0 Å². The van der Waals surface area contributed by atoms with E-state index in [0.29, 0.717) is 29.1 Å². The number of hydrogen-bond acceptors (Lipinski definition) is 4.